The lowest BCUT2D eigenvalue weighted by molar-refractivity contribution is -0.230. The van der Waals surface area contributed by atoms with Crippen molar-refractivity contribution in [1.82, 2.24) is 0 Å². The summed E-state index contributed by atoms with van der Waals surface area (Å²) in [4.78, 5) is 0. The number of rotatable bonds is 4. The molecule has 4 rings (SSSR count). The Hall–Kier alpha value is -0.900. The summed E-state index contributed by atoms with van der Waals surface area (Å²) in [5.41, 5.74) is 0. The van der Waals surface area contributed by atoms with Crippen molar-refractivity contribution in [3.05, 3.63) is 22.7 Å². The summed E-state index contributed by atoms with van der Waals surface area (Å²) in [6.07, 6.45) is -1.94. The van der Waals surface area contributed by atoms with Crippen LogP contribution in [0.25, 0.3) is 0 Å². The van der Waals surface area contributed by atoms with Crippen molar-refractivity contribution in [2.75, 3.05) is 13.7 Å². The van der Waals surface area contributed by atoms with Crippen LogP contribution in [0.4, 0.5) is 0 Å². The first-order valence-electron chi connectivity index (χ1n) is 9.00. The second kappa shape index (κ2) is 6.86. The van der Waals surface area contributed by atoms with Gasteiger partial charge in [0.15, 0.2) is 17.7 Å². The van der Waals surface area contributed by atoms with Crippen molar-refractivity contribution >= 4 is 15.9 Å². The highest BCUT2D eigenvalue weighted by molar-refractivity contribution is 9.10. The number of benzene rings is 1. The van der Waals surface area contributed by atoms with Gasteiger partial charge in [-0.05, 0) is 55.8 Å². The number of methoxy groups -OCH3 is 1. The summed E-state index contributed by atoms with van der Waals surface area (Å²) >= 11 is 3.51. The molecular weight excluding hydrogens is 420 g/mol. The Labute approximate surface area is 167 Å². The monoisotopic (exact) mass is 444 g/mol. The Kier molecular flexibility index (Phi) is 4.93. The Bertz CT molecular complexity index is 707. The van der Waals surface area contributed by atoms with Gasteiger partial charge in [0, 0.05) is 6.07 Å². The molecule has 0 aliphatic carbocycles. The van der Waals surface area contributed by atoms with Crippen LogP contribution in [0.1, 0.15) is 27.7 Å². The summed E-state index contributed by atoms with van der Waals surface area (Å²) < 4.78 is 42.3. The average Bonchev–Trinajstić information content (AvgIpc) is 3.20. The van der Waals surface area contributed by atoms with Crippen molar-refractivity contribution in [2.24, 2.45) is 0 Å². The first-order valence-corrected chi connectivity index (χ1v) is 9.80. The lowest BCUT2D eigenvalue weighted by atomic mass is 10.1. The number of halogens is 1. The van der Waals surface area contributed by atoms with Gasteiger partial charge in [-0.3, -0.25) is 0 Å². The molecule has 3 fully saturated rings. The molecule has 1 aromatic rings. The summed E-state index contributed by atoms with van der Waals surface area (Å²) in [5, 5.41) is 0. The van der Waals surface area contributed by atoms with Crippen molar-refractivity contribution in [2.45, 2.75) is 70.0 Å². The quantitative estimate of drug-likeness (QED) is 0.705. The first kappa shape index (κ1) is 19.4. The molecule has 150 valence electrons. The normalized spacial score (nSPS) is 36.6. The third kappa shape index (κ3) is 3.83. The fourth-order valence-electron chi connectivity index (χ4n) is 3.69. The summed E-state index contributed by atoms with van der Waals surface area (Å²) in [5.74, 6) is -0.0687. The minimum absolute atomic E-state index is 0.257. The molecule has 3 aliphatic rings. The van der Waals surface area contributed by atoms with E-state index in [1.165, 1.54) is 0 Å². The van der Waals surface area contributed by atoms with Gasteiger partial charge in [-0.2, -0.15) is 0 Å². The molecule has 3 saturated heterocycles. The van der Waals surface area contributed by atoms with Crippen LogP contribution in [-0.4, -0.2) is 56.0 Å². The zero-order valence-corrected chi connectivity index (χ0v) is 17.6. The smallest absolute Gasteiger partial charge is 0.229 e. The van der Waals surface area contributed by atoms with Gasteiger partial charge in [0.1, 0.15) is 29.8 Å². The molecule has 8 heteroatoms. The molecule has 0 bridgehead atoms. The Morgan fingerprint density at radius 2 is 1.74 bits per heavy atom. The summed E-state index contributed by atoms with van der Waals surface area (Å²) in [6.45, 7) is 7.97. The third-order valence-corrected chi connectivity index (χ3v) is 5.48. The Morgan fingerprint density at radius 1 is 1.00 bits per heavy atom. The topological polar surface area (TPSA) is 64.6 Å². The van der Waals surface area contributed by atoms with Crippen LogP contribution in [0.3, 0.4) is 0 Å². The molecule has 7 nitrogen and oxygen atoms in total. The van der Waals surface area contributed by atoms with E-state index in [1.807, 2.05) is 39.8 Å². The molecule has 0 unspecified atom stereocenters. The SMILES string of the molecule is COc1ccc(Br)c(O[C@@H]2O[C@H]([C@H]3COC(C)(C)O3)[C@@H]3OC(C)(C)O[C@H]23)c1. The predicted octanol–water partition coefficient (Wildman–Crippen LogP) is 3.23. The van der Waals surface area contributed by atoms with Gasteiger partial charge in [-0.25, -0.2) is 0 Å². The molecule has 3 heterocycles. The molecule has 1 aromatic carbocycles. The molecule has 3 aliphatic heterocycles. The standard InChI is InChI=1S/C19H25BrO7/c1-18(2)22-9-13(25-18)14-15-16(27-19(3,4)26-15)17(24-14)23-12-8-10(21-5)6-7-11(12)20/h6-8,13-17H,9H2,1-5H3/t13-,14-,15+,16+,17-/m1/s1. The highest BCUT2D eigenvalue weighted by atomic mass is 79.9. The van der Waals surface area contributed by atoms with Crippen molar-refractivity contribution < 1.29 is 33.2 Å². The van der Waals surface area contributed by atoms with Gasteiger partial charge in [-0.15, -0.1) is 0 Å². The van der Waals surface area contributed by atoms with E-state index in [9.17, 15) is 0 Å². The van der Waals surface area contributed by atoms with Crippen molar-refractivity contribution in [3.63, 3.8) is 0 Å². The van der Waals surface area contributed by atoms with Gasteiger partial charge >= 0.3 is 0 Å². The zero-order valence-electron chi connectivity index (χ0n) is 16.1. The van der Waals surface area contributed by atoms with E-state index in [2.05, 4.69) is 15.9 Å². The van der Waals surface area contributed by atoms with Crippen LogP contribution in [-0.2, 0) is 23.7 Å². The molecule has 0 saturated carbocycles. The van der Waals surface area contributed by atoms with Gasteiger partial charge in [0.25, 0.3) is 0 Å². The molecule has 5 atom stereocenters. The van der Waals surface area contributed by atoms with Crippen LogP contribution in [0.15, 0.2) is 22.7 Å². The van der Waals surface area contributed by atoms with E-state index in [4.69, 9.17) is 33.2 Å². The number of hydrogen-bond acceptors (Lipinski definition) is 7. The lowest BCUT2D eigenvalue weighted by Crippen LogP contribution is -2.40. The Morgan fingerprint density at radius 3 is 2.41 bits per heavy atom. The zero-order chi connectivity index (χ0) is 19.4. The van der Waals surface area contributed by atoms with Gasteiger partial charge < -0.3 is 33.2 Å². The van der Waals surface area contributed by atoms with Crippen LogP contribution in [0, 0.1) is 0 Å². The van der Waals surface area contributed by atoms with Crippen molar-refractivity contribution in [3.8, 4) is 11.5 Å². The highest BCUT2D eigenvalue weighted by Crippen LogP contribution is 2.43. The van der Waals surface area contributed by atoms with E-state index >= 15 is 0 Å². The second-order valence-electron chi connectivity index (χ2n) is 7.82. The van der Waals surface area contributed by atoms with Crippen LogP contribution >= 0.6 is 15.9 Å². The van der Waals surface area contributed by atoms with E-state index in [-0.39, 0.29) is 24.4 Å². The number of ether oxygens (including phenoxy) is 7. The molecule has 27 heavy (non-hydrogen) atoms. The average molecular weight is 445 g/mol. The first-order chi connectivity index (χ1) is 12.7. The van der Waals surface area contributed by atoms with E-state index in [1.54, 1.807) is 13.2 Å². The predicted molar refractivity (Wildman–Crippen MR) is 98.7 cm³/mol. The van der Waals surface area contributed by atoms with Gasteiger partial charge in [-0.1, -0.05) is 0 Å². The van der Waals surface area contributed by atoms with Gasteiger partial charge in [0.2, 0.25) is 6.29 Å². The minimum Gasteiger partial charge on any atom is -0.497 e. The summed E-state index contributed by atoms with van der Waals surface area (Å²) in [6, 6.07) is 5.52. The minimum atomic E-state index is -0.723. The molecule has 0 aromatic heterocycles. The van der Waals surface area contributed by atoms with Crippen LogP contribution in [0.5, 0.6) is 11.5 Å². The van der Waals surface area contributed by atoms with E-state index in [0.29, 0.717) is 18.1 Å². The van der Waals surface area contributed by atoms with Crippen LogP contribution < -0.4 is 9.47 Å². The molecule has 0 spiro atoms. The molecule has 0 amide bonds. The van der Waals surface area contributed by atoms with Crippen molar-refractivity contribution in [1.29, 1.82) is 0 Å². The third-order valence-electron chi connectivity index (χ3n) is 4.83. The second-order valence-corrected chi connectivity index (χ2v) is 8.67. The molecule has 0 N–H and O–H groups in total. The summed E-state index contributed by atoms with van der Waals surface area (Å²) in [7, 11) is 1.61. The maximum Gasteiger partial charge on any atom is 0.229 e. The van der Waals surface area contributed by atoms with E-state index < -0.39 is 17.9 Å². The molecule has 0 radical (unpaired) electrons. The Balaban J connectivity index is 1.56. The maximum absolute atomic E-state index is 6.19. The molecular formula is C19H25BrO7. The highest BCUT2D eigenvalue weighted by Gasteiger charge is 2.60. The van der Waals surface area contributed by atoms with E-state index in [0.717, 1.165) is 4.47 Å². The van der Waals surface area contributed by atoms with Crippen LogP contribution in [0.2, 0.25) is 0 Å². The largest absolute Gasteiger partial charge is 0.497 e. The van der Waals surface area contributed by atoms with Gasteiger partial charge in [0.05, 0.1) is 18.2 Å². The fourth-order valence-corrected chi connectivity index (χ4v) is 4.03. The lowest BCUT2D eigenvalue weighted by Gasteiger charge is -2.27. The maximum atomic E-state index is 6.19. The number of hydrogen-bond donors (Lipinski definition) is 0. The fraction of sp³-hybridized carbons (Fsp3) is 0.684. The number of fused-ring (bicyclic) bond motifs is 1.